The Morgan fingerprint density at radius 3 is 2.19 bits per heavy atom. The third kappa shape index (κ3) is 2.23. The lowest BCUT2D eigenvalue weighted by molar-refractivity contribution is 0.415. The van der Waals surface area contributed by atoms with E-state index >= 15 is 0 Å². The van der Waals surface area contributed by atoms with Crippen molar-refractivity contribution in [3.63, 3.8) is 0 Å². The van der Waals surface area contributed by atoms with Crippen LogP contribution in [0.2, 0.25) is 0 Å². The molecule has 0 amide bonds. The van der Waals surface area contributed by atoms with Crippen LogP contribution < -0.4 is 4.74 Å². The highest BCUT2D eigenvalue weighted by Gasteiger charge is 2.10. The molecule has 0 bridgehead atoms. The molecule has 1 aromatic heterocycles. The minimum absolute atomic E-state index is 0.883. The predicted molar refractivity (Wildman–Crippen MR) is 109 cm³/mol. The smallest absolute Gasteiger partial charge is 0.119 e. The molecule has 0 fully saturated rings. The summed E-state index contributed by atoms with van der Waals surface area (Å²) >= 11 is 0. The third-order valence-electron chi connectivity index (χ3n) is 5.01. The van der Waals surface area contributed by atoms with Gasteiger partial charge in [0.25, 0.3) is 0 Å². The Morgan fingerprint density at radius 1 is 0.654 bits per heavy atom. The summed E-state index contributed by atoms with van der Waals surface area (Å²) in [5.41, 5.74) is 2.17. The van der Waals surface area contributed by atoms with Crippen LogP contribution in [0.5, 0.6) is 5.75 Å². The molecule has 0 saturated heterocycles. The SMILES string of the molecule is COc1ccc2c(ccc3c4ccnc(-c5ccccc5)c4ccc23)c1. The van der Waals surface area contributed by atoms with Gasteiger partial charge in [0.1, 0.15) is 5.75 Å². The Hall–Kier alpha value is -3.39. The number of rotatable bonds is 2. The van der Waals surface area contributed by atoms with Gasteiger partial charge in [0.15, 0.2) is 0 Å². The first-order valence-corrected chi connectivity index (χ1v) is 8.69. The second-order valence-electron chi connectivity index (χ2n) is 6.43. The number of methoxy groups -OCH3 is 1. The molecule has 26 heavy (non-hydrogen) atoms. The Labute approximate surface area is 151 Å². The first kappa shape index (κ1) is 14.9. The van der Waals surface area contributed by atoms with Crippen molar-refractivity contribution in [2.24, 2.45) is 0 Å². The highest BCUT2D eigenvalue weighted by Crippen LogP contribution is 2.35. The fraction of sp³-hybridized carbons (Fsp3) is 0.0417. The normalized spacial score (nSPS) is 11.3. The van der Waals surface area contributed by atoms with Gasteiger partial charge >= 0.3 is 0 Å². The van der Waals surface area contributed by atoms with E-state index in [4.69, 9.17) is 4.74 Å². The minimum Gasteiger partial charge on any atom is -0.497 e. The summed E-state index contributed by atoms with van der Waals surface area (Å²) in [7, 11) is 1.70. The summed E-state index contributed by atoms with van der Waals surface area (Å²) < 4.78 is 5.36. The van der Waals surface area contributed by atoms with E-state index < -0.39 is 0 Å². The summed E-state index contributed by atoms with van der Waals surface area (Å²) in [6, 6.07) is 27.5. The largest absolute Gasteiger partial charge is 0.497 e. The quantitative estimate of drug-likeness (QED) is 0.357. The lowest BCUT2D eigenvalue weighted by Crippen LogP contribution is -1.88. The van der Waals surface area contributed by atoms with E-state index in [0.29, 0.717) is 0 Å². The molecule has 0 unspecified atom stereocenters. The number of nitrogens with zero attached hydrogens (tertiary/aromatic N) is 1. The maximum absolute atomic E-state index is 5.36. The van der Waals surface area contributed by atoms with E-state index in [1.54, 1.807) is 7.11 Å². The van der Waals surface area contributed by atoms with Crippen LogP contribution in [0.15, 0.2) is 85.1 Å². The van der Waals surface area contributed by atoms with Crippen LogP contribution in [0, 0.1) is 0 Å². The van der Waals surface area contributed by atoms with Crippen molar-refractivity contribution in [1.82, 2.24) is 4.98 Å². The molecular formula is C24H17NO. The third-order valence-corrected chi connectivity index (χ3v) is 5.01. The van der Waals surface area contributed by atoms with Crippen LogP contribution in [0.4, 0.5) is 0 Å². The van der Waals surface area contributed by atoms with Gasteiger partial charge in [-0.05, 0) is 45.1 Å². The summed E-state index contributed by atoms with van der Waals surface area (Å²) in [6.45, 7) is 0. The monoisotopic (exact) mass is 335 g/mol. The van der Waals surface area contributed by atoms with Gasteiger partial charge < -0.3 is 4.74 Å². The van der Waals surface area contributed by atoms with Crippen molar-refractivity contribution in [2.75, 3.05) is 7.11 Å². The zero-order valence-electron chi connectivity index (χ0n) is 14.4. The molecule has 0 N–H and O–H groups in total. The second kappa shape index (κ2) is 5.85. The Bertz CT molecular complexity index is 1260. The van der Waals surface area contributed by atoms with E-state index in [1.165, 1.54) is 32.3 Å². The molecule has 5 aromatic rings. The highest BCUT2D eigenvalue weighted by atomic mass is 16.5. The summed E-state index contributed by atoms with van der Waals surface area (Å²) in [6.07, 6.45) is 1.91. The average molecular weight is 335 g/mol. The van der Waals surface area contributed by atoms with E-state index in [0.717, 1.165) is 17.0 Å². The van der Waals surface area contributed by atoms with Crippen LogP contribution >= 0.6 is 0 Å². The Kier molecular flexibility index (Phi) is 3.36. The van der Waals surface area contributed by atoms with Gasteiger partial charge in [0.2, 0.25) is 0 Å². The van der Waals surface area contributed by atoms with Crippen molar-refractivity contribution < 1.29 is 4.74 Å². The molecule has 0 saturated carbocycles. The fourth-order valence-electron chi connectivity index (χ4n) is 3.74. The first-order valence-electron chi connectivity index (χ1n) is 8.69. The number of aromatic nitrogens is 1. The van der Waals surface area contributed by atoms with Crippen LogP contribution in [0.25, 0.3) is 43.6 Å². The predicted octanol–water partition coefficient (Wildman–Crippen LogP) is 6.22. The summed E-state index contributed by atoms with van der Waals surface area (Å²) in [5.74, 6) is 0.883. The van der Waals surface area contributed by atoms with E-state index in [1.807, 2.05) is 18.3 Å². The first-order chi connectivity index (χ1) is 12.8. The molecule has 0 aliphatic heterocycles. The molecular weight excluding hydrogens is 318 g/mol. The molecule has 4 aromatic carbocycles. The van der Waals surface area contributed by atoms with Crippen LogP contribution in [0.1, 0.15) is 0 Å². The second-order valence-corrected chi connectivity index (χ2v) is 6.43. The molecule has 2 nitrogen and oxygen atoms in total. The van der Waals surface area contributed by atoms with Gasteiger partial charge in [-0.3, -0.25) is 4.98 Å². The Balaban J connectivity index is 1.85. The molecule has 0 aliphatic rings. The molecule has 0 aliphatic carbocycles. The van der Waals surface area contributed by atoms with E-state index in [9.17, 15) is 0 Å². The highest BCUT2D eigenvalue weighted by molar-refractivity contribution is 6.19. The maximum Gasteiger partial charge on any atom is 0.119 e. The van der Waals surface area contributed by atoms with Crippen molar-refractivity contribution in [1.29, 1.82) is 0 Å². The zero-order valence-corrected chi connectivity index (χ0v) is 14.4. The standard InChI is InChI=1S/C24H17NO/c1-26-18-8-10-19-17(15-18)7-9-21-20(19)11-12-23-22(21)13-14-25-24(23)16-5-3-2-4-6-16/h2-15H,1H3. The topological polar surface area (TPSA) is 22.1 Å². The Morgan fingerprint density at radius 2 is 1.35 bits per heavy atom. The molecule has 5 rings (SSSR count). The van der Waals surface area contributed by atoms with Gasteiger partial charge in [-0.25, -0.2) is 0 Å². The van der Waals surface area contributed by atoms with Gasteiger partial charge in [-0.2, -0.15) is 0 Å². The van der Waals surface area contributed by atoms with Crippen molar-refractivity contribution in [3.05, 3.63) is 85.1 Å². The van der Waals surface area contributed by atoms with E-state index in [-0.39, 0.29) is 0 Å². The zero-order chi connectivity index (χ0) is 17.5. The van der Waals surface area contributed by atoms with Gasteiger partial charge in [-0.1, -0.05) is 60.7 Å². The van der Waals surface area contributed by atoms with Crippen molar-refractivity contribution in [3.8, 4) is 17.0 Å². The molecule has 0 spiro atoms. The maximum atomic E-state index is 5.36. The lowest BCUT2D eigenvalue weighted by atomic mass is 9.95. The molecule has 124 valence electrons. The average Bonchev–Trinajstić information content (AvgIpc) is 2.73. The number of benzene rings is 4. The summed E-state index contributed by atoms with van der Waals surface area (Å²) in [4.78, 5) is 4.65. The number of hydrogen-bond donors (Lipinski definition) is 0. The molecule has 2 heteroatoms. The van der Waals surface area contributed by atoms with Gasteiger partial charge in [-0.15, -0.1) is 0 Å². The van der Waals surface area contributed by atoms with E-state index in [2.05, 4.69) is 71.7 Å². The van der Waals surface area contributed by atoms with Crippen LogP contribution in [-0.4, -0.2) is 12.1 Å². The molecule has 0 atom stereocenters. The fourth-order valence-corrected chi connectivity index (χ4v) is 3.74. The van der Waals surface area contributed by atoms with Crippen molar-refractivity contribution >= 4 is 32.3 Å². The van der Waals surface area contributed by atoms with Crippen LogP contribution in [-0.2, 0) is 0 Å². The number of hydrogen-bond acceptors (Lipinski definition) is 2. The van der Waals surface area contributed by atoms with Crippen molar-refractivity contribution in [2.45, 2.75) is 0 Å². The minimum atomic E-state index is 0.883. The van der Waals surface area contributed by atoms with Gasteiger partial charge in [0.05, 0.1) is 12.8 Å². The molecule has 0 radical (unpaired) electrons. The number of pyridine rings is 1. The number of fused-ring (bicyclic) bond motifs is 5. The van der Waals surface area contributed by atoms with Crippen LogP contribution in [0.3, 0.4) is 0 Å². The molecule has 1 heterocycles. The summed E-state index contributed by atoms with van der Waals surface area (Å²) in [5, 5.41) is 7.34. The lowest BCUT2D eigenvalue weighted by Gasteiger charge is -2.11. The van der Waals surface area contributed by atoms with Gasteiger partial charge in [0, 0.05) is 17.1 Å². The number of ether oxygens (including phenoxy) is 1.